The second-order valence-electron chi connectivity index (χ2n) is 10.3. The fraction of sp³-hybridized carbons (Fsp3) is 0.344. The second-order valence-corrected chi connectivity index (χ2v) is 10.3. The zero-order valence-electron chi connectivity index (χ0n) is 23.4. The lowest BCUT2D eigenvalue weighted by atomic mass is 10.1. The molecule has 3 N–H and O–H groups in total. The summed E-state index contributed by atoms with van der Waals surface area (Å²) < 4.78 is 24.5. The average molecular weight is 557 g/mol. The summed E-state index contributed by atoms with van der Waals surface area (Å²) in [6.07, 6.45) is 0.949. The van der Waals surface area contributed by atoms with Gasteiger partial charge in [-0.25, -0.2) is 4.98 Å². The smallest absolute Gasteiger partial charge is 0.231 e. The maximum Gasteiger partial charge on any atom is 0.231 e. The van der Waals surface area contributed by atoms with Crippen molar-refractivity contribution in [3.8, 4) is 34.4 Å². The largest absolute Gasteiger partial charge is 0.454 e. The Labute approximate surface area is 240 Å². The average Bonchev–Trinajstić information content (AvgIpc) is 3.74. The van der Waals surface area contributed by atoms with Gasteiger partial charge in [-0.15, -0.1) is 0 Å². The number of aromatic nitrogens is 2. The summed E-state index contributed by atoms with van der Waals surface area (Å²) in [6, 6.07) is 22.1. The fourth-order valence-electron chi connectivity index (χ4n) is 5.25. The molecule has 6 rings (SSSR count). The quantitative estimate of drug-likeness (QED) is 0.199. The summed E-state index contributed by atoms with van der Waals surface area (Å²) in [5.41, 5.74) is 4.72. The number of hydrogen-bond donors (Lipinski definition) is 3. The summed E-state index contributed by atoms with van der Waals surface area (Å²) in [4.78, 5) is 5.02. The molecule has 0 amide bonds. The van der Waals surface area contributed by atoms with Gasteiger partial charge in [-0.3, -0.25) is 10.6 Å². The highest BCUT2D eigenvalue weighted by molar-refractivity contribution is 5.57. The van der Waals surface area contributed by atoms with Gasteiger partial charge in [0.25, 0.3) is 0 Å². The van der Waals surface area contributed by atoms with Crippen molar-refractivity contribution in [3.05, 3.63) is 89.2 Å². The first-order valence-electron chi connectivity index (χ1n) is 14.2. The van der Waals surface area contributed by atoms with Crippen molar-refractivity contribution in [3.63, 3.8) is 0 Å². The van der Waals surface area contributed by atoms with Crippen LogP contribution in [0.2, 0.25) is 0 Å². The second kappa shape index (κ2) is 12.2. The normalized spacial score (nSPS) is 14.1. The number of rotatable bonds is 12. The van der Waals surface area contributed by atoms with E-state index < -0.39 is 6.10 Å². The first-order chi connectivity index (χ1) is 20.1. The molecule has 0 spiro atoms. The molecule has 9 heteroatoms. The minimum atomic E-state index is -0.752. The highest BCUT2D eigenvalue weighted by Crippen LogP contribution is 2.35. The summed E-state index contributed by atoms with van der Waals surface area (Å²) in [6.45, 7) is 6.34. The van der Waals surface area contributed by atoms with E-state index in [2.05, 4.69) is 34.3 Å². The maximum atomic E-state index is 11.0. The lowest BCUT2D eigenvalue weighted by Gasteiger charge is -2.25. The zero-order chi connectivity index (χ0) is 28.2. The minimum Gasteiger partial charge on any atom is -0.454 e. The Hall–Kier alpha value is -4.05. The van der Waals surface area contributed by atoms with Crippen molar-refractivity contribution in [2.75, 3.05) is 13.6 Å². The van der Waals surface area contributed by atoms with Crippen LogP contribution in [0.4, 0.5) is 0 Å². The van der Waals surface area contributed by atoms with Crippen molar-refractivity contribution in [1.82, 2.24) is 20.2 Å². The first kappa shape index (κ1) is 27.1. The van der Waals surface area contributed by atoms with Crippen LogP contribution in [0.3, 0.4) is 0 Å². The lowest BCUT2D eigenvalue weighted by molar-refractivity contribution is 0.173. The number of hydrogen-bond acceptors (Lipinski definition) is 8. The van der Waals surface area contributed by atoms with Crippen LogP contribution in [0.1, 0.15) is 61.5 Å². The van der Waals surface area contributed by atoms with Crippen molar-refractivity contribution >= 4 is 0 Å². The molecule has 3 aromatic carbocycles. The van der Waals surface area contributed by atoms with Gasteiger partial charge in [0.1, 0.15) is 12.0 Å². The van der Waals surface area contributed by atoms with E-state index in [0.29, 0.717) is 18.8 Å². The molecule has 41 heavy (non-hydrogen) atoms. The number of fused-ring (bicyclic) bond motifs is 2. The predicted molar refractivity (Wildman–Crippen MR) is 155 cm³/mol. The number of nitrogens with zero attached hydrogens (tertiary/aromatic N) is 2. The van der Waals surface area contributed by atoms with Crippen LogP contribution >= 0.6 is 0 Å². The highest BCUT2D eigenvalue weighted by Gasteiger charge is 2.27. The third-order valence-electron chi connectivity index (χ3n) is 7.37. The third kappa shape index (κ3) is 5.88. The third-order valence-corrected chi connectivity index (χ3v) is 7.37. The Morgan fingerprint density at radius 2 is 1.41 bits per heavy atom. The molecule has 1 atom stereocenters. The van der Waals surface area contributed by atoms with Crippen LogP contribution in [-0.2, 0) is 19.6 Å². The molecule has 0 saturated heterocycles. The van der Waals surface area contributed by atoms with Gasteiger partial charge in [-0.1, -0.05) is 55.8 Å². The number of benzene rings is 3. The molecule has 0 radical (unpaired) electrons. The van der Waals surface area contributed by atoms with E-state index in [9.17, 15) is 5.11 Å². The number of ether oxygens (including phenoxy) is 4. The fourth-order valence-corrected chi connectivity index (χ4v) is 5.25. The Morgan fingerprint density at radius 1 is 0.829 bits per heavy atom. The monoisotopic (exact) mass is 556 g/mol. The number of imidazole rings is 1. The summed E-state index contributed by atoms with van der Waals surface area (Å²) in [7, 11) is 0. The molecule has 3 heterocycles. The number of nitrogens with one attached hydrogen (secondary N) is 2. The minimum absolute atomic E-state index is 0.239. The molecule has 0 saturated carbocycles. The number of unbranched alkanes of at least 4 members (excludes halogenated alkanes) is 1. The van der Waals surface area contributed by atoms with Gasteiger partial charge in [-0.05, 0) is 48.7 Å². The molecule has 214 valence electrons. The van der Waals surface area contributed by atoms with Gasteiger partial charge in [0.2, 0.25) is 13.6 Å². The topological polar surface area (TPSA) is 99.0 Å². The van der Waals surface area contributed by atoms with E-state index in [1.54, 1.807) is 6.92 Å². The Balaban J connectivity index is 1.36. The van der Waals surface area contributed by atoms with Gasteiger partial charge < -0.3 is 28.6 Å². The lowest BCUT2D eigenvalue weighted by Crippen LogP contribution is -2.36. The van der Waals surface area contributed by atoms with E-state index in [4.69, 9.17) is 23.9 Å². The van der Waals surface area contributed by atoms with E-state index in [-0.39, 0.29) is 19.8 Å². The Bertz CT molecular complexity index is 1430. The van der Waals surface area contributed by atoms with Crippen LogP contribution in [0.25, 0.3) is 11.4 Å². The predicted octanol–water partition coefficient (Wildman–Crippen LogP) is 5.44. The first-order valence-corrected chi connectivity index (χ1v) is 14.2. The molecule has 0 fully saturated rings. The summed E-state index contributed by atoms with van der Waals surface area (Å²) in [5, 5.41) is 18.4. The van der Waals surface area contributed by atoms with Crippen LogP contribution < -0.4 is 29.6 Å². The van der Waals surface area contributed by atoms with E-state index in [1.807, 2.05) is 54.6 Å². The number of aliphatic hydroxyl groups excluding tert-OH is 1. The Morgan fingerprint density at radius 3 is 1.98 bits per heavy atom. The molecule has 0 bridgehead atoms. The molecule has 2 aliphatic rings. The molecular weight excluding hydrogens is 520 g/mol. The van der Waals surface area contributed by atoms with Gasteiger partial charge in [0.15, 0.2) is 23.0 Å². The highest BCUT2D eigenvalue weighted by atomic mass is 16.7. The molecule has 2 aliphatic heterocycles. The standard InChI is InChI=1S/C32H36N4O5/c1-3-4-14-36-30(29(21(2)37)35-32(36)24-8-6-5-7-9-24)31(33-17-22-10-12-25-27(15-22)40-19-38-25)34-18-23-11-13-26-28(16-23)41-20-39-26/h5-13,15-16,21,31,33-34,37H,3-4,14,17-20H2,1-2H3. The van der Waals surface area contributed by atoms with Crippen LogP contribution in [0, 0.1) is 0 Å². The molecule has 1 unspecified atom stereocenters. The van der Waals surface area contributed by atoms with E-state index in [0.717, 1.165) is 70.6 Å². The van der Waals surface area contributed by atoms with Crippen LogP contribution in [0.15, 0.2) is 66.7 Å². The van der Waals surface area contributed by atoms with E-state index >= 15 is 0 Å². The molecule has 1 aromatic heterocycles. The van der Waals surface area contributed by atoms with Gasteiger partial charge >= 0.3 is 0 Å². The Kier molecular flexibility index (Phi) is 8.09. The van der Waals surface area contributed by atoms with Gasteiger partial charge in [0.05, 0.1) is 17.5 Å². The molecule has 4 aromatic rings. The van der Waals surface area contributed by atoms with Gasteiger partial charge in [0, 0.05) is 25.2 Å². The van der Waals surface area contributed by atoms with Crippen molar-refractivity contribution < 1.29 is 24.1 Å². The molecule has 0 aliphatic carbocycles. The van der Waals surface area contributed by atoms with E-state index in [1.165, 1.54) is 0 Å². The van der Waals surface area contributed by atoms with Crippen molar-refractivity contribution in [2.24, 2.45) is 0 Å². The van der Waals surface area contributed by atoms with Crippen LogP contribution in [-0.4, -0.2) is 28.2 Å². The zero-order valence-corrected chi connectivity index (χ0v) is 23.4. The molecule has 9 nitrogen and oxygen atoms in total. The van der Waals surface area contributed by atoms with Crippen LogP contribution in [0.5, 0.6) is 23.0 Å². The summed E-state index contributed by atoms with van der Waals surface area (Å²) in [5.74, 6) is 3.86. The molecular formula is C32H36N4O5. The SMILES string of the molecule is CCCCn1c(-c2ccccc2)nc(C(C)O)c1C(NCc1ccc2c(c1)OCO2)NCc1ccc2c(c1)OCO2. The summed E-state index contributed by atoms with van der Waals surface area (Å²) >= 11 is 0. The van der Waals surface area contributed by atoms with Crippen molar-refractivity contribution in [2.45, 2.75) is 58.6 Å². The van der Waals surface area contributed by atoms with Crippen molar-refractivity contribution in [1.29, 1.82) is 0 Å². The number of aliphatic hydroxyl groups is 1. The maximum absolute atomic E-state index is 11.0. The van der Waals surface area contributed by atoms with Gasteiger partial charge in [-0.2, -0.15) is 0 Å².